The average Bonchev–Trinajstić information content (AvgIpc) is 3.08. The van der Waals surface area contributed by atoms with E-state index in [0.29, 0.717) is 16.6 Å². The van der Waals surface area contributed by atoms with Crippen molar-refractivity contribution in [3.63, 3.8) is 0 Å². The van der Waals surface area contributed by atoms with Gasteiger partial charge in [-0.2, -0.15) is 0 Å². The number of aryl methyl sites for hydroxylation is 1. The molecule has 1 aromatic heterocycles. The maximum absolute atomic E-state index is 12.6. The smallest absolute Gasteiger partial charge is 0.253 e. The van der Waals surface area contributed by atoms with Crippen LogP contribution in [0.4, 0.5) is 0 Å². The molecule has 2 fully saturated rings. The van der Waals surface area contributed by atoms with Crippen molar-refractivity contribution in [3.8, 4) is 0 Å². The largest absolute Gasteiger partial charge is 0.341 e. The summed E-state index contributed by atoms with van der Waals surface area (Å²) >= 11 is 6.02. The van der Waals surface area contributed by atoms with Crippen molar-refractivity contribution in [2.45, 2.75) is 39.0 Å². The van der Waals surface area contributed by atoms with E-state index < -0.39 is 0 Å². The molecule has 0 radical (unpaired) electrons. The topological polar surface area (TPSA) is 33.2 Å². The third-order valence-electron chi connectivity index (χ3n) is 5.20. The molecule has 0 N–H and O–H groups in total. The first-order chi connectivity index (χ1) is 10.1. The Balaban J connectivity index is 1.68. The quantitative estimate of drug-likeness (QED) is 0.793. The number of carbonyl (C=O) groups is 1. The predicted molar refractivity (Wildman–Crippen MR) is 84.5 cm³/mol. The number of aromatic nitrogens is 1. The van der Waals surface area contributed by atoms with Crippen LogP contribution in [0.15, 0.2) is 12.1 Å². The van der Waals surface area contributed by atoms with Gasteiger partial charge in [-0.15, -0.1) is 0 Å². The molecule has 0 aliphatic heterocycles. The molecule has 0 aromatic carbocycles. The second kappa shape index (κ2) is 5.96. The van der Waals surface area contributed by atoms with Crippen molar-refractivity contribution in [1.29, 1.82) is 0 Å². The molecule has 0 saturated heterocycles. The zero-order chi connectivity index (χ0) is 15.0. The summed E-state index contributed by atoms with van der Waals surface area (Å²) in [6.07, 6.45) is 6.24. The molecule has 3 atom stereocenters. The summed E-state index contributed by atoms with van der Waals surface area (Å²) in [5, 5.41) is 0.408. The summed E-state index contributed by atoms with van der Waals surface area (Å²) in [6.45, 7) is 2.90. The van der Waals surface area contributed by atoms with Crippen molar-refractivity contribution < 1.29 is 4.79 Å². The Kier molecular flexibility index (Phi) is 4.21. The molecule has 3 rings (SSSR count). The van der Waals surface area contributed by atoms with E-state index >= 15 is 0 Å². The molecule has 114 valence electrons. The fraction of sp³-hybridized carbons (Fsp3) is 0.647. The Labute approximate surface area is 131 Å². The number of rotatable bonds is 4. The third-order valence-corrected chi connectivity index (χ3v) is 5.39. The Bertz CT molecular complexity index is 546. The molecule has 1 amide bonds. The maximum Gasteiger partial charge on any atom is 0.253 e. The molecule has 21 heavy (non-hydrogen) atoms. The van der Waals surface area contributed by atoms with Crippen molar-refractivity contribution in [2.75, 3.05) is 13.6 Å². The first-order valence-electron chi connectivity index (χ1n) is 7.98. The molecule has 2 bridgehead atoms. The van der Waals surface area contributed by atoms with Gasteiger partial charge in [0.25, 0.3) is 5.91 Å². The van der Waals surface area contributed by atoms with Gasteiger partial charge in [-0.1, -0.05) is 24.9 Å². The molecule has 2 aliphatic rings. The normalized spacial score (nSPS) is 27.1. The molecular weight excluding hydrogens is 284 g/mol. The van der Waals surface area contributed by atoms with Gasteiger partial charge in [-0.05, 0) is 55.6 Å². The van der Waals surface area contributed by atoms with Crippen LogP contribution in [-0.4, -0.2) is 29.4 Å². The van der Waals surface area contributed by atoms with Gasteiger partial charge in [0.2, 0.25) is 0 Å². The van der Waals surface area contributed by atoms with Crippen LogP contribution in [0, 0.1) is 17.8 Å². The first-order valence-corrected chi connectivity index (χ1v) is 8.36. The molecule has 2 saturated carbocycles. The van der Waals surface area contributed by atoms with Crippen LogP contribution in [0.5, 0.6) is 0 Å². The lowest BCUT2D eigenvalue weighted by atomic mass is 9.88. The molecule has 1 heterocycles. The standard InChI is InChI=1S/C17H23ClN2O/c1-3-15-8-13(9-16(18)19-15)17(21)20(2)10-14-7-11-4-5-12(14)6-11/h8-9,11-12,14H,3-7,10H2,1-2H3. The van der Waals surface area contributed by atoms with E-state index in [4.69, 9.17) is 11.6 Å². The highest BCUT2D eigenvalue weighted by molar-refractivity contribution is 6.29. The van der Waals surface area contributed by atoms with Crippen LogP contribution in [0.3, 0.4) is 0 Å². The minimum Gasteiger partial charge on any atom is -0.341 e. The molecule has 3 nitrogen and oxygen atoms in total. The molecule has 1 aromatic rings. The Morgan fingerprint density at radius 1 is 1.38 bits per heavy atom. The second-order valence-electron chi connectivity index (χ2n) is 6.64. The van der Waals surface area contributed by atoms with Gasteiger partial charge in [0.15, 0.2) is 0 Å². The predicted octanol–water partition coefficient (Wildman–Crippen LogP) is 3.81. The van der Waals surface area contributed by atoms with Gasteiger partial charge in [0.05, 0.1) is 0 Å². The highest BCUT2D eigenvalue weighted by Crippen LogP contribution is 2.48. The minimum atomic E-state index is 0.0665. The van der Waals surface area contributed by atoms with Crippen molar-refractivity contribution in [3.05, 3.63) is 28.5 Å². The lowest BCUT2D eigenvalue weighted by molar-refractivity contribution is 0.0754. The number of hydrogen-bond donors (Lipinski definition) is 0. The van der Waals surface area contributed by atoms with E-state index in [1.165, 1.54) is 25.7 Å². The van der Waals surface area contributed by atoms with E-state index in [1.54, 1.807) is 6.07 Å². The molecule has 3 unspecified atom stereocenters. The average molecular weight is 307 g/mol. The van der Waals surface area contributed by atoms with Crippen LogP contribution < -0.4 is 0 Å². The van der Waals surface area contributed by atoms with E-state index in [0.717, 1.165) is 30.5 Å². The van der Waals surface area contributed by atoms with Gasteiger partial charge in [0, 0.05) is 24.8 Å². The summed E-state index contributed by atoms with van der Waals surface area (Å²) in [6, 6.07) is 3.55. The number of pyridine rings is 1. The monoisotopic (exact) mass is 306 g/mol. The number of nitrogens with zero attached hydrogens (tertiary/aromatic N) is 2. The maximum atomic E-state index is 12.6. The number of carbonyl (C=O) groups excluding carboxylic acids is 1. The number of amides is 1. The zero-order valence-corrected chi connectivity index (χ0v) is 13.6. The fourth-order valence-corrected chi connectivity index (χ4v) is 4.34. The lowest BCUT2D eigenvalue weighted by Crippen LogP contribution is -2.33. The van der Waals surface area contributed by atoms with Crippen LogP contribution in [0.2, 0.25) is 5.15 Å². The molecule has 0 spiro atoms. The summed E-state index contributed by atoms with van der Waals surface area (Å²) in [5.41, 5.74) is 1.54. The van der Waals surface area contributed by atoms with Crippen LogP contribution in [0.1, 0.15) is 48.7 Å². The van der Waals surface area contributed by atoms with Crippen molar-refractivity contribution in [1.82, 2.24) is 9.88 Å². The van der Waals surface area contributed by atoms with E-state index in [-0.39, 0.29) is 5.91 Å². The summed E-state index contributed by atoms with van der Waals surface area (Å²) in [5.74, 6) is 2.53. The van der Waals surface area contributed by atoms with Crippen LogP contribution in [0.25, 0.3) is 0 Å². The number of halogens is 1. The minimum absolute atomic E-state index is 0.0665. The van der Waals surface area contributed by atoms with E-state index in [1.807, 2.05) is 24.9 Å². The Hall–Kier alpha value is -1.09. The summed E-state index contributed by atoms with van der Waals surface area (Å²) < 4.78 is 0. The van der Waals surface area contributed by atoms with Crippen LogP contribution >= 0.6 is 11.6 Å². The Morgan fingerprint density at radius 2 is 2.19 bits per heavy atom. The van der Waals surface area contributed by atoms with E-state index in [9.17, 15) is 4.79 Å². The molecular formula is C17H23ClN2O. The summed E-state index contributed by atoms with van der Waals surface area (Å²) in [7, 11) is 1.91. The van der Waals surface area contributed by atoms with E-state index in [2.05, 4.69) is 4.98 Å². The number of fused-ring (bicyclic) bond motifs is 2. The third kappa shape index (κ3) is 3.08. The highest BCUT2D eigenvalue weighted by atomic mass is 35.5. The summed E-state index contributed by atoms with van der Waals surface area (Å²) in [4.78, 5) is 18.7. The van der Waals surface area contributed by atoms with Crippen molar-refractivity contribution in [2.24, 2.45) is 17.8 Å². The zero-order valence-electron chi connectivity index (χ0n) is 12.8. The highest BCUT2D eigenvalue weighted by Gasteiger charge is 2.40. The number of hydrogen-bond acceptors (Lipinski definition) is 2. The van der Waals surface area contributed by atoms with Gasteiger partial charge in [-0.25, -0.2) is 4.98 Å². The first kappa shape index (κ1) is 14.8. The van der Waals surface area contributed by atoms with Gasteiger partial charge >= 0.3 is 0 Å². The van der Waals surface area contributed by atoms with Crippen LogP contribution in [-0.2, 0) is 6.42 Å². The van der Waals surface area contributed by atoms with Crippen molar-refractivity contribution >= 4 is 17.5 Å². The Morgan fingerprint density at radius 3 is 2.81 bits per heavy atom. The van der Waals surface area contributed by atoms with Gasteiger partial charge in [0.1, 0.15) is 5.15 Å². The second-order valence-corrected chi connectivity index (χ2v) is 7.03. The molecule has 2 aliphatic carbocycles. The fourth-order valence-electron chi connectivity index (χ4n) is 4.11. The molecule has 4 heteroatoms. The van der Waals surface area contributed by atoms with Gasteiger partial charge in [-0.3, -0.25) is 4.79 Å². The van der Waals surface area contributed by atoms with Gasteiger partial charge < -0.3 is 4.90 Å². The lowest BCUT2D eigenvalue weighted by Gasteiger charge is -2.27. The SMILES string of the molecule is CCc1cc(C(=O)N(C)CC2CC3CCC2C3)cc(Cl)n1.